The Morgan fingerprint density at radius 2 is 1.93 bits per heavy atom. The van der Waals surface area contributed by atoms with Crippen molar-refractivity contribution in [2.75, 3.05) is 11.9 Å². The highest BCUT2D eigenvalue weighted by Gasteiger charge is 2.17. The van der Waals surface area contributed by atoms with Gasteiger partial charge in [0.15, 0.2) is 6.61 Å². The maximum Gasteiger partial charge on any atom is 0.340 e. The molecule has 1 heterocycles. The molecule has 3 rings (SSSR count). The number of nitrogens with one attached hydrogen (secondary N) is 1. The molecule has 0 bridgehead atoms. The fraction of sp³-hybridized carbons (Fsp3) is 0.0909. The van der Waals surface area contributed by atoms with Gasteiger partial charge in [-0.15, -0.1) is 11.3 Å². The number of hydrogen-bond acceptors (Lipinski definition) is 4. The molecule has 29 heavy (non-hydrogen) atoms. The van der Waals surface area contributed by atoms with Gasteiger partial charge in [0.1, 0.15) is 11.6 Å². The molecular weight excluding hydrogens is 396 g/mol. The van der Waals surface area contributed by atoms with Crippen molar-refractivity contribution in [2.24, 2.45) is 0 Å². The molecule has 148 valence electrons. The van der Waals surface area contributed by atoms with E-state index in [1.54, 1.807) is 18.2 Å². The van der Waals surface area contributed by atoms with E-state index < -0.39 is 30.1 Å². The lowest BCUT2D eigenvalue weighted by Crippen LogP contribution is -2.21. The highest BCUT2D eigenvalue weighted by atomic mass is 32.1. The first-order valence-electron chi connectivity index (χ1n) is 8.66. The predicted octanol–water partition coefficient (Wildman–Crippen LogP) is 5.06. The van der Waals surface area contributed by atoms with E-state index in [4.69, 9.17) is 4.74 Å². The van der Waals surface area contributed by atoms with Crippen LogP contribution in [0.5, 0.6) is 0 Å². The minimum absolute atomic E-state index is 0.301. The first-order valence-corrected chi connectivity index (χ1v) is 9.54. The number of amides is 1. The minimum Gasteiger partial charge on any atom is -0.452 e. The third-order valence-electron chi connectivity index (χ3n) is 3.90. The summed E-state index contributed by atoms with van der Waals surface area (Å²) in [5.41, 5.74) is 1.83. The molecule has 0 saturated carbocycles. The normalized spacial score (nSPS) is 11.2. The van der Waals surface area contributed by atoms with Crippen LogP contribution in [-0.4, -0.2) is 18.5 Å². The molecule has 1 amide bonds. The summed E-state index contributed by atoms with van der Waals surface area (Å²) in [7, 11) is 0. The largest absolute Gasteiger partial charge is 0.452 e. The molecule has 4 nitrogen and oxygen atoms in total. The van der Waals surface area contributed by atoms with E-state index >= 15 is 0 Å². The van der Waals surface area contributed by atoms with Crippen molar-refractivity contribution in [3.05, 3.63) is 87.6 Å². The van der Waals surface area contributed by atoms with Crippen molar-refractivity contribution in [1.29, 1.82) is 0 Å². The molecule has 0 saturated heterocycles. The van der Waals surface area contributed by atoms with Gasteiger partial charge in [-0.3, -0.25) is 4.79 Å². The predicted molar refractivity (Wildman–Crippen MR) is 109 cm³/mol. The Kier molecular flexibility index (Phi) is 6.51. The Morgan fingerprint density at radius 3 is 2.66 bits per heavy atom. The van der Waals surface area contributed by atoms with E-state index in [2.05, 4.69) is 5.32 Å². The lowest BCUT2D eigenvalue weighted by molar-refractivity contribution is -0.141. The number of thiophene rings is 1. The van der Waals surface area contributed by atoms with E-state index in [0.29, 0.717) is 10.5 Å². The van der Waals surface area contributed by atoms with Gasteiger partial charge < -0.3 is 10.1 Å². The summed E-state index contributed by atoms with van der Waals surface area (Å²) in [6.07, 6.45) is 1.69. The maximum atomic E-state index is 13.6. The van der Waals surface area contributed by atoms with E-state index in [9.17, 15) is 18.4 Å². The van der Waals surface area contributed by atoms with E-state index in [1.165, 1.54) is 11.3 Å². The number of esters is 1. The second-order valence-corrected chi connectivity index (χ2v) is 7.15. The Balaban J connectivity index is 1.72. The number of rotatable bonds is 6. The van der Waals surface area contributed by atoms with Crippen LogP contribution in [0.2, 0.25) is 0 Å². The Morgan fingerprint density at radius 1 is 1.10 bits per heavy atom. The van der Waals surface area contributed by atoms with E-state index in [-0.39, 0.29) is 5.69 Å². The van der Waals surface area contributed by atoms with E-state index in [0.717, 1.165) is 29.3 Å². The van der Waals surface area contributed by atoms with Crippen LogP contribution >= 0.6 is 11.3 Å². The average Bonchev–Trinajstić information content (AvgIpc) is 3.21. The van der Waals surface area contributed by atoms with Crippen molar-refractivity contribution in [1.82, 2.24) is 0 Å². The van der Waals surface area contributed by atoms with Crippen molar-refractivity contribution in [3.8, 4) is 0 Å². The first-order chi connectivity index (χ1) is 13.9. The smallest absolute Gasteiger partial charge is 0.340 e. The number of ether oxygens (including phenoxy) is 1. The number of benzene rings is 2. The fourth-order valence-corrected chi connectivity index (χ4v) is 3.31. The van der Waals surface area contributed by atoms with Gasteiger partial charge in [0, 0.05) is 10.9 Å². The number of carbonyl (C=O) groups is 2. The molecule has 0 fully saturated rings. The quantitative estimate of drug-likeness (QED) is 0.454. The van der Waals surface area contributed by atoms with Gasteiger partial charge in [-0.25, -0.2) is 13.6 Å². The maximum absolute atomic E-state index is 13.6. The van der Waals surface area contributed by atoms with Gasteiger partial charge >= 0.3 is 5.97 Å². The van der Waals surface area contributed by atoms with Crippen LogP contribution in [0.1, 0.15) is 16.0 Å². The minimum atomic E-state index is -0.787. The molecule has 0 radical (unpaired) electrons. The van der Waals surface area contributed by atoms with Crippen LogP contribution in [-0.2, 0) is 14.3 Å². The van der Waals surface area contributed by atoms with Crippen LogP contribution < -0.4 is 5.32 Å². The summed E-state index contributed by atoms with van der Waals surface area (Å²) in [6.45, 7) is 1.31. The van der Waals surface area contributed by atoms with Gasteiger partial charge in [-0.2, -0.15) is 0 Å². The molecule has 0 unspecified atom stereocenters. The fourth-order valence-electron chi connectivity index (χ4n) is 2.58. The molecule has 0 atom stereocenters. The lowest BCUT2D eigenvalue weighted by Gasteiger charge is -2.09. The molecule has 7 heteroatoms. The topological polar surface area (TPSA) is 55.4 Å². The van der Waals surface area contributed by atoms with Crippen molar-refractivity contribution >= 4 is 40.5 Å². The molecular formula is C22H17F2NO3S. The zero-order chi connectivity index (χ0) is 20.8. The summed E-state index contributed by atoms with van der Waals surface area (Å²) in [4.78, 5) is 25.3. The van der Waals surface area contributed by atoms with Gasteiger partial charge in [0.2, 0.25) is 0 Å². The third kappa shape index (κ3) is 5.58. The summed E-state index contributed by atoms with van der Waals surface area (Å²) in [6, 6.07) is 13.9. The van der Waals surface area contributed by atoms with Crippen LogP contribution in [0.15, 0.2) is 60.0 Å². The lowest BCUT2D eigenvalue weighted by atomic mass is 10.1. The van der Waals surface area contributed by atoms with Crippen LogP contribution in [0.4, 0.5) is 14.5 Å². The number of halogens is 2. The van der Waals surface area contributed by atoms with Crippen LogP contribution in [0.25, 0.3) is 11.6 Å². The highest BCUT2D eigenvalue weighted by Crippen LogP contribution is 2.24. The molecule has 0 aliphatic rings. The number of carbonyl (C=O) groups excluding carboxylic acids is 2. The highest BCUT2D eigenvalue weighted by molar-refractivity contribution is 7.11. The standard InChI is InChI=1S/C22H17F2NO3S/c1-14-4-2-5-15(10-14)11-17(20-6-3-9-29-20)22(27)28-13-21(26)25-19-12-16(23)7-8-18(19)24/h2-12H,13H2,1H3,(H,25,26)/b17-11+. The Hall–Kier alpha value is -3.32. The average molecular weight is 413 g/mol. The first kappa shape index (κ1) is 20.4. The monoisotopic (exact) mass is 413 g/mol. The summed E-state index contributed by atoms with van der Waals surface area (Å²) in [5.74, 6) is -2.95. The van der Waals surface area contributed by atoms with Gasteiger partial charge in [-0.1, -0.05) is 35.9 Å². The van der Waals surface area contributed by atoms with E-state index in [1.807, 2.05) is 36.6 Å². The second kappa shape index (κ2) is 9.25. The van der Waals surface area contributed by atoms with Gasteiger partial charge in [0.05, 0.1) is 11.3 Å². The van der Waals surface area contributed by atoms with Crippen LogP contribution in [0.3, 0.4) is 0 Å². The van der Waals surface area contributed by atoms with Crippen molar-refractivity contribution < 1.29 is 23.1 Å². The Bertz CT molecular complexity index is 1060. The molecule has 1 aromatic heterocycles. The zero-order valence-electron chi connectivity index (χ0n) is 15.4. The number of anilines is 1. The van der Waals surface area contributed by atoms with Crippen molar-refractivity contribution in [2.45, 2.75) is 6.92 Å². The van der Waals surface area contributed by atoms with Crippen LogP contribution in [0, 0.1) is 18.6 Å². The molecule has 0 aliphatic carbocycles. The summed E-state index contributed by atoms with van der Waals surface area (Å²) >= 11 is 1.36. The number of hydrogen-bond donors (Lipinski definition) is 1. The molecule has 3 aromatic rings. The summed E-state index contributed by atoms with van der Waals surface area (Å²) in [5, 5.41) is 4.01. The third-order valence-corrected chi connectivity index (χ3v) is 4.80. The van der Waals surface area contributed by atoms with Gasteiger partial charge in [-0.05, 0) is 42.1 Å². The molecule has 1 N–H and O–H groups in total. The summed E-state index contributed by atoms with van der Waals surface area (Å²) < 4.78 is 31.9. The molecule has 0 aliphatic heterocycles. The second-order valence-electron chi connectivity index (χ2n) is 6.20. The van der Waals surface area contributed by atoms with Crippen molar-refractivity contribution in [3.63, 3.8) is 0 Å². The number of aryl methyl sites for hydroxylation is 1. The van der Waals surface area contributed by atoms with Gasteiger partial charge in [0.25, 0.3) is 5.91 Å². The zero-order valence-corrected chi connectivity index (χ0v) is 16.3. The molecule has 0 spiro atoms. The molecule has 2 aromatic carbocycles. The Labute approximate surface area is 170 Å². The SMILES string of the molecule is Cc1cccc(/C=C(/C(=O)OCC(=O)Nc2cc(F)ccc2F)c2cccs2)c1.